The van der Waals surface area contributed by atoms with Crippen LogP contribution < -0.4 is 4.74 Å². The lowest BCUT2D eigenvalue weighted by Crippen LogP contribution is -2.30. The number of hydrogen-bond acceptors (Lipinski definition) is 7. The molecule has 1 unspecified atom stereocenters. The van der Waals surface area contributed by atoms with Crippen LogP contribution in [0.15, 0.2) is 77.9 Å². The summed E-state index contributed by atoms with van der Waals surface area (Å²) in [4.78, 5) is 10.9. The monoisotopic (exact) mass is 493 g/mol. The highest BCUT2D eigenvalue weighted by atomic mass is 32.2. The number of aromatic nitrogens is 3. The summed E-state index contributed by atoms with van der Waals surface area (Å²) in [7, 11) is -1.82. The van der Waals surface area contributed by atoms with Crippen molar-refractivity contribution in [2.24, 2.45) is 13.0 Å². The molecule has 0 N–H and O–H groups in total. The Bertz CT molecular complexity index is 1460. The zero-order chi connectivity index (χ0) is 23.3. The SMILES string of the molecule is Cn1cnc(S(=O)(=O)N2C=C3CN(Cc4ccc(Oc5nc6ccccc6s5)cc4)CC3C2)c1. The van der Waals surface area contributed by atoms with Gasteiger partial charge in [-0.05, 0) is 35.4 Å². The first-order valence-electron chi connectivity index (χ1n) is 11.0. The van der Waals surface area contributed by atoms with Gasteiger partial charge in [0.15, 0.2) is 5.03 Å². The summed E-state index contributed by atoms with van der Waals surface area (Å²) in [6.07, 6.45) is 4.84. The van der Waals surface area contributed by atoms with Crippen molar-refractivity contribution >= 4 is 31.6 Å². The first kappa shape index (κ1) is 21.3. The number of nitrogens with zero attached hydrogens (tertiary/aromatic N) is 5. The molecule has 4 aromatic rings. The summed E-state index contributed by atoms with van der Waals surface area (Å²) in [5, 5.41) is 0.732. The Balaban J connectivity index is 1.08. The largest absolute Gasteiger partial charge is 0.431 e. The van der Waals surface area contributed by atoms with Crippen LogP contribution in [0.1, 0.15) is 5.56 Å². The van der Waals surface area contributed by atoms with E-state index in [0.29, 0.717) is 11.7 Å². The van der Waals surface area contributed by atoms with Gasteiger partial charge in [-0.3, -0.25) is 9.21 Å². The second-order valence-electron chi connectivity index (χ2n) is 8.72. The summed E-state index contributed by atoms with van der Waals surface area (Å²) in [6, 6.07) is 16.1. The third kappa shape index (κ3) is 3.97. The van der Waals surface area contributed by atoms with Gasteiger partial charge in [0, 0.05) is 51.5 Å². The van der Waals surface area contributed by atoms with E-state index in [4.69, 9.17) is 4.74 Å². The van der Waals surface area contributed by atoms with E-state index in [1.807, 2.05) is 36.4 Å². The van der Waals surface area contributed by atoms with Crippen LogP contribution in [0.3, 0.4) is 0 Å². The van der Waals surface area contributed by atoms with Gasteiger partial charge in [-0.25, -0.2) is 9.97 Å². The van der Waals surface area contributed by atoms with Gasteiger partial charge < -0.3 is 9.30 Å². The lowest BCUT2D eigenvalue weighted by Gasteiger charge is -2.20. The average molecular weight is 494 g/mol. The van der Waals surface area contributed by atoms with E-state index in [0.717, 1.165) is 41.2 Å². The molecule has 174 valence electrons. The Kier molecular flexibility index (Phi) is 5.16. The molecule has 8 nitrogen and oxygen atoms in total. The molecule has 2 aliphatic heterocycles. The zero-order valence-corrected chi connectivity index (χ0v) is 20.2. The summed E-state index contributed by atoms with van der Waals surface area (Å²) >= 11 is 1.53. The average Bonchev–Trinajstić information content (AvgIpc) is 3.58. The molecule has 2 aliphatic rings. The first-order valence-corrected chi connectivity index (χ1v) is 13.2. The molecule has 10 heteroatoms. The highest BCUT2D eigenvalue weighted by Crippen LogP contribution is 2.34. The maximum Gasteiger partial charge on any atom is 0.282 e. The number of ether oxygens (including phenoxy) is 1. The number of para-hydroxylation sites is 1. The predicted molar refractivity (Wildman–Crippen MR) is 130 cm³/mol. The number of rotatable bonds is 6. The Hall–Kier alpha value is -3.21. The first-order chi connectivity index (χ1) is 16.4. The van der Waals surface area contributed by atoms with Gasteiger partial charge in [0.2, 0.25) is 0 Å². The summed E-state index contributed by atoms with van der Waals surface area (Å²) in [6.45, 7) is 2.88. The summed E-state index contributed by atoms with van der Waals surface area (Å²) in [5.74, 6) is 0.985. The Morgan fingerprint density at radius 3 is 2.68 bits per heavy atom. The minimum absolute atomic E-state index is 0.0943. The molecule has 0 spiro atoms. The maximum atomic E-state index is 12.8. The van der Waals surface area contributed by atoms with Crippen molar-refractivity contribution in [3.8, 4) is 10.9 Å². The zero-order valence-electron chi connectivity index (χ0n) is 18.5. The highest BCUT2D eigenvalue weighted by Gasteiger charge is 2.38. The number of imidazole rings is 1. The highest BCUT2D eigenvalue weighted by molar-refractivity contribution is 7.89. The third-order valence-electron chi connectivity index (χ3n) is 6.18. The molecule has 0 amide bonds. The van der Waals surface area contributed by atoms with Gasteiger partial charge in [-0.2, -0.15) is 8.42 Å². The lowest BCUT2D eigenvalue weighted by molar-refractivity contribution is 0.306. The van der Waals surface area contributed by atoms with Gasteiger partial charge in [-0.15, -0.1) is 0 Å². The molecule has 6 rings (SSSR count). The second-order valence-corrected chi connectivity index (χ2v) is 11.5. The molecule has 1 saturated heterocycles. The molecule has 1 fully saturated rings. The van der Waals surface area contributed by atoms with E-state index in [-0.39, 0.29) is 10.9 Å². The van der Waals surface area contributed by atoms with E-state index < -0.39 is 10.0 Å². The number of fused-ring (bicyclic) bond motifs is 2. The number of thiazole rings is 1. The van der Waals surface area contributed by atoms with Crippen LogP contribution in [0.25, 0.3) is 10.2 Å². The fourth-order valence-corrected chi connectivity index (χ4v) is 6.71. The van der Waals surface area contributed by atoms with Crippen molar-refractivity contribution in [3.63, 3.8) is 0 Å². The predicted octanol–water partition coefficient (Wildman–Crippen LogP) is 3.84. The van der Waals surface area contributed by atoms with E-state index in [9.17, 15) is 8.42 Å². The molecule has 0 saturated carbocycles. The van der Waals surface area contributed by atoms with Crippen molar-refractivity contribution in [2.45, 2.75) is 11.6 Å². The van der Waals surface area contributed by atoms with Crippen LogP contribution in [0.5, 0.6) is 10.9 Å². The van der Waals surface area contributed by atoms with Gasteiger partial charge >= 0.3 is 0 Å². The quantitative estimate of drug-likeness (QED) is 0.406. The number of sulfonamides is 1. The van der Waals surface area contributed by atoms with Crippen LogP contribution in [0.4, 0.5) is 0 Å². The van der Waals surface area contributed by atoms with Crippen molar-refractivity contribution in [1.29, 1.82) is 0 Å². The van der Waals surface area contributed by atoms with E-state index in [1.54, 1.807) is 24.0 Å². The molecule has 2 aromatic carbocycles. The summed E-state index contributed by atoms with van der Waals surface area (Å²) in [5.41, 5.74) is 3.30. The molecule has 4 heterocycles. The molecule has 0 bridgehead atoms. The Labute approximate surface area is 201 Å². The normalized spacial score (nSPS) is 18.4. The van der Waals surface area contributed by atoms with Crippen molar-refractivity contribution in [2.75, 3.05) is 19.6 Å². The van der Waals surface area contributed by atoms with Gasteiger partial charge in [0.25, 0.3) is 15.2 Å². The Morgan fingerprint density at radius 2 is 1.94 bits per heavy atom. The van der Waals surface area contributed by atoms with Gasteiger partial charge in [0.1, 0.15) is 5.75 Å². The lowest BCUT2D eigenvalue weighted by atomic mass is 10.1. The van der Waals surface area contributed by atoms with E-state index >= 15 is 0 Å². The van der Waals surface area contributed by atoms with E-state index in [1.165, 1.54) is 27.5 Å². The fourth-order valence-electron chi connectivity index (χ4n) is 4.50. The van der Waals surface area contributed by atoms with Crippen LogP contribution in [-0.2, 0) is 23.6 Å². The molecule has 2 aromatic heterocycles. The topological polar surface area (TPSA) is 80.6 Å². The second kappa shape index (κ2) is 8.23. The molecule has 0 aliphatic carbocycles. The standard InChI is InChI=1S/C24H23N5O3S2/c1-27-15-23(25-16-27)34(30,31)29-13-18-11-28(12-19(18)14-29)10-17-6-8-20(9-7-17)32-24-26-21-4-2-3-5-22(21)33-24/h2-9,13,15-16,19H,10-12,14H2,1H3. The van der Waals surface area contributed by atoms with Gasteiger partial charge in [0.05, 0.1) is 16.5 Å². The molecule has 0 radical (unpaired) electrons. The van der Waals surface area contributed by atoms with E-state index in [2.05, 4.69) is 27.0 Å². The number of likely N-dealkylation sites (tertiary alicyclic amines) is 1. The van der Waals surface area contributed by atoms with Crippen molar-refractivity contribution in [3.05, 3.63) is 78.4 Å². The minimum atomic E-state index is -3.59. The third-order valence-corrected chi connectivity index (χ3v) is 8.71. The number of aryl methyl sites for hydroxylation is 1. The molecule has 1 atom stereocenters. The molecule has 34 heavy (non-hydrogen) atoms. The smallest absolute Gasteiger partial charge is 0.282 e. The molecular formula is C24H23N5O3S2. The Morgan fingerprint density at radius 1 is 1.12 bits per heavy atom. The molecular weight excluding hydrogens is 470 g/mol. The van der Waals surface area contributed by atoms with Gasteiger partial charge in [-0.1, -0.05) is 35.6 Å². The number of benzene rings is 2. The van der Waals surface area contributed by atoms with Crippen LogP contribution in [0.2, 0.25) is 0 Å². The van der Waals surface area contributed by atoms with Crippen LogP contribution in [-0.4, -0.2) is 51.8 Å². The minimum Gasteiger partial charge on any atom is -0.431 e. The number of hydrogen-bond donors (Lipinski definition) is 0. The fraction of sp³-hybridized carbons (Fsp3) is 0.250. The summed E-state index contributed by atoms with van der Waals surface area (Å²) < 4.78 is 35.8. The van der Waals surface area contributed by atoms with Crippen LogP contribution in [0, 0.1) is 5.92 Å². The van der Waals surface area contributed by atoms with Crippen molar-refractivity contribution in [1.82, 2.24) is 23.7 Å². The van der Waals surface area contributed by atoms with Crippen LogP contribution >= 0.6 is 11.3 Å². The maximum absolute atomic E-state index is 12.8. The van der Waals surface area contributed by atoms with Crippen molar-refractivity contribution < 1.29 is 13.2 Å².